The van der Waals surface area contributed by atoms with E-state index >= 15 is 0 Å². The average molecular weight is 465 g/mol. The van der Waals surface area contributed by atoms with Crippen LogP contribution in [0.2, 0.25) is 0 Å². The number of amides is 1. The van der Waals surface area contributed by atoms with Crippen LogP contribution in [0.3, 0.4) is 0 Å². The third kappa shape index (κ3) is 3.26. The lowest BCUT2D eigenvalue weighted by Gasteiger charge is -2.43. The minimum Gasteiger partial charge on any atom is -0.448 e. The first kappa shape index (κ1) is 20.4. The summed E-state index contributed by atoms with van der Waals surface area (Å²) in [7, 11) is 0. The lowest BCUT2D eigenvalue weighted by molar-refractivity contribution is -0.0331. The van der Waals surface area contributed by atoms with Crippen molar-refractivity contribution in [1.29, 1.82) is 0 Å². The fraction of sp³-hybridized carbons (Fsp3) is 0.250. The van der Waals surface area contributed by atoms with Crippen molar-refractivity contribution in [1.82, 2.24) is 19.5 Å². The fourth-order valence-electron chi connectivity index (χ4n) is 5.80. The summed E-state index contributed by atoms with van der Waals surface area (Å²) in [6.45, 7) is 1.26. The van der Waals surface area contributed by atoms with E-state index in [0.717, 1.165) is 16.8 Å². The Hall–Kier alpha value is -3.97. The number of hydrogen-bond acceptors (Lipinski definition) is 5. The molecule has 2 aromatic carbocycles. The molecule has 0 saturated carbocycles. The van der Waals surface area contributed by atoms with Crippen LogP contribution in [-0.2, 0) is 9.47 Å². The number of ether oxygens (including phenoxy) is 2. The van der Waals surface area contributed by atoms with Gasteiger partial charge in [0, 0.05) is 23.9 Å². The van der Waals surface area contributed by atoms with E-state index < -0.39 is 0 Å². The third-order valence-electron chi connectivity index (χ3n) is 7.37. The minimum atomic E-state index is -0.279. The molecule has 1 aliphatic carbocycles. The molecule has 2 unspecified atom stereocenters. The molecule has 2 aliphatic heterocycles. The van der Waals surface area contributed by atoms with Crippen LogP contribution in [0, 0.1) is 0 Å². The molecule has 2 atom stereocenters. The fourth-order valence-corrected chi connectivity index (χ4v) is 5.80. The molecule has 4 aromatic rings. The first-order chi connectivity index (χ1) is 17.3. The van der Waals surface area contributed by atoms with Crippen LogP contribution in [0.1, 0.15) is 29.0 Å². The van der Waals surface area contributed by atoms with Crippen molar-refractivity contribution in [2.75, 3.05) is 19.8 Å². The van der Waals surface area contributed by atoms with Crippen LogP contribution in [0.5, 0.6) is 0 Å². The Labute approximate surface area is 202 Å². The maximum atomic E-state index is 13.4. The lowest BCUT2D eigenvalue weighted by atomic mass is 9.91. The molecule has 0 spiro atoms. The van der Waals surface area contributed by atoms with Crippen LogP contribution in [-0.4, -0.2) is 57.5 Å². The highest BCUT2D eigenvalue weighted by molar-refractivity contribution is 5.81. The standard InChI is InChI=1S/C28H24N4O3/c33-28(35-17-26-23-8-3-1-6-21(23)22-7-2-4-9-24(22)26)32-19-12-18(13-20(32)16-34-15-19)25-14-30-31-11-5-10-29-27(25)31/h1-12,14,19-20,26H,13,15-17H2. The number of hydrogen-bond donors (Lipinski definition) is 0. The van der Waals surface area contributed by atoms with E-state index in [1.165, 1.54) is 22.3 Å². The molecule has 7 nitrogen and oxygen atoms in total. The maximum Gasteiger partial charge on any atom is 0.410 e. The zero-order valence-electron chi connectivity index (χ0n) is 19.1. The number of carbonyl (C=O) groups is 1. The Morgan fingerprint density at radius 3 is 2.54 bits per heavy atom. The van der Waals surface area contributed by atoms with Gasteiger partial charge in [-0.3, -0.25) is 4.90 Å². The van der Waals surface area contributed by atoms with Crippen molar-refractivity contribution in [3.8, 4) is 11.1 Å². The van der Waals surface area contributed by atoms with E-state index in [4.69, 9.17) is 9.47 Å². The summed E-state index contributed by atoms with van der Waals surface area (Å²) in [6, 6.07) is 18.4. The molecule has 1 fully saturated rings. The SMILES string of the molecule is O=C(OCC1c2ccccc2-c2ccccc21)N1C2C=C(c3cnn4cccnc34)CC1COC2. The quantitative estimate of drug-likeness (QED) is 0.446. The van der Waals surface area contributed by atoms with Crippen molar-refractivity contribution in [2.24, 2.45) is 0 Å². The maximum absolute atomic E-state index is 13.4. The molecular weight excluding hydrogens is 440 g/mol. The smallest absolute Gasteiger partial charge is 0.410 e. The summed E-state index contributed by atoms with van der Waals surface area (Å²) in [4.78, 5) is 19.7. The molecule has 1 saturated heterocycles. The molecule has 174 valence electrons. The van der Waals surface area contributed by atoms with Crippen molar-refractivity contribution >= 4 is 17.3 Å². The summed E-state index contributed by atoms with van der Waals surface area (Å²) < 4.78 is 13.6. The predicted octanol–water partition coefficient (Wildman–Crippen LogP) is 4.53. The molecule has 4 heterocycles. The average Bonchev–Trinajstić information content (AvgIpc) is 3.46. The Balaban J connectivity index is 1.14. The van der Waals surface area contributed by atoms with Gasteiger partial charge >= 0.3 is 6.09 Å². The predicted molar refractivity (Wildman–Crippen MR) is 131 cm³/mol. The second kappa shape index (κ2) is 8.06. The van der Waals surface area contributed by atoms with E-state index in [1.54, 1.807) is 10.7 Å². The van der Waals surface area contributed by atoms with Gasteiger partial charge in [0.15, 0.2) is 5.65 Å². The molecular formula is C28H24N4O3. The number of morpholine rings is 1. The second-order valence-corrected chi connectivity index (χ2v) is 9.31. The van der Waals surface area contributed by atoms with Crippen LogP contribution in [0.4, 0.5) is 4.79 Å². The first-order valence-electron chi connectivity index (χ1n) is 12.0. The van der Waals surface area contributed by atoms with Gasteiger partial charge in [-0.25, -0.2) is 14.3 Å². The number of rotatable bonds is 3. The summed E-state index contributed by atoms with van der Waals surface area (Å²) >= 11 is 0. The normalized spacial score (nSPS) is 20.9. The molecule has 7 rings (SSSR count). The topological polar surface area (TPSA) is 69.0 Å². The van der Waals surface area contributed by atoms with Crippen molar-refractivity contribution in [3.05, 3.63) is 96.0 Å². The van der Waals surface area contributed by atoms with Crippen LogP contribution in [0.25, 0.3) is 22.3 Å². The number of benzene rings is 2. The van der Waals surface area contributed by atoms with E-state index in [1.807, 2.05) is 35.5 Å². The van der Waals surface area contributed by atoms with Gasteiger partial charge in [0.2, 0.25) is 0 Å². The lowest BCUT2D eigenvalue weighted by Crippen LogP contribution is -2.56. The molecule has 7 heteroatoms. The summed E-state index contributed by atoms with van der Waals surface area (Å²) in [5, 5.41) is 4.43. The first-order valence-corrected chi connectivity index (χ1v) is 12.0. The van der Waals surface area contributed by atoms with Gasteiger partial charge in [-0.1, -0.05) is 54.6 Å². The highest BCUT2D eigenvalue weighted by Gasteiger charge is 2.40. The van der Waals surface area contributed by atoms with E-state index in [-0.39, 0.29) is 24.1 Å². The molecule has 2 aromatic heterocycles. The number of fused-ring (bicyclic) bond motifs is 6. The zero-order chi connectivity index (χ0) is 23.4. The summed E-state index contributed by atoms with van der Waals surface area (Å²) in [5.74, 6) is 0.0446. The highest BCUT2D eigenvalue weighted by atomic mass is 16.6. The van der Waals surface area contributed by atoms with Gasteiger partial charge in [-0.2, -0.15) is 5.10 Å². The van der Waals surface area contributed by atoms with Crippen LogP contribution in [0.15, 0.2) is 79.3 Å². The van der Waals surface area contributed by atoms with E-state index in [9.17, 15) is 4.79 Å². The molecule has 0 radical (unpaired) electrons. The van der Waals surface area contributed by atoms with Crippen LogP contribution >= 0.6 is 0 Å². The zero-order valence-corrected chi connectivity index (χ0v) is 19.1. The van der Waals surface area contributed by atoms with Crippen LogP contribution < -0.4 is 0 Å². The van der Waals surface area contributed by atoms with Crippen molar-refractivity contribution < 1.29 is 14.3 Å². The van der Waals surface area contributed by atoms with Gasteiger partial charge in [-0.15, -0.1) is 0 Å². The molecule has 3 aliphatic rings. The molecule has 2 bridgehead atoms. The van der Waals surface area contributed by atoms with E-state index in [2.05, 4.69) is 52.6 Å². The molecule has 1 amide bonds. The van der Waals surface area contributed by atoms with Gasteiger partial charge in [0.1, 0.15) is 6.61 Å². The molecule has 0 N–H and O–H groups in total. The summed E-state index contributed by atoms with van der Waals surface area (Å²) in [6.07, 6.45) is 8.03. The third-order valence-corrected chi connectivity index (χ3v) is 7.37. The van der Waals surface area contributed by atoms with Gasteiger partial charge in [0.25, 0.3) is 0 Å². The van der Waals surface area contributed by atoms with Gasteiger partial charge in [-0.05, 0) is 40.3 Å². The van der Waals surface area contributed by atoms with Gasteiger partial charge < -0.3 is 9.47 Å². The summed E-state index contributed by atoms with van der Waals surface area (Å²) in [5.41, 5.74) is 7.86. The van der Waals surface area contributed by atoms with Gasteiger partial charge in [0.05, 0.1) is 31.5 Å². The number of aromatic nitrogens is 3. The Bertz CT molecular complexity index is 1430. The number of nitrogens with zero attached hydrogens (tertiary/aromatic N) is 4. The van der Waals surface area contributed by atoms with E-state index in [0.29, 0.717) is 26.2 Å². The Morgan fingerprint density at radius 2 is 1.77 bits per heavy atom. The van der Waals surface area contributed by atoms with Crippen molar-refractivity contribution in [2.45, 2.75) is 24.4 Å². The second-order valence-electron chi connectivity index (χ2n) is 9.31. The monoisotopic (exact) mass is 464 g/mol. The number of carbonyl (C=O) groups excluding carboxylic acids is 1. The largest absolute Gasteiger partial charge is 0.448 e. The Kier molecular flexibility index (Phi) is 4.70. The highest BCUT2D eigenvalue weighted by Crippen LogP contribution is 2.44. The molecule has 35 heavy (non-hydrogen) atoms. The Morgan fingerprint density at radius 1 is 1.00 bits per heavy atom. The minimum absolute atomic E-state index is 0.0446. The van der Waals surface area contributed by atoms with Crippen molar-refractivity contribution in [3.63, 3.8) is 0 Å².